The number of nitrogens with zero attached hydrogens (tertiary/aromatic N) is 3. The molecule has 3 aromatic rings. The van der Waals surface area contributed by atoms with E-state index in [0.717, 1.165) is 0 Å². The zero-order chi connectivity index (χ0) is 10.3. The van der Waals surface area contributed by atoms with Crippen molar-refractivity contribution in [2.24, 2.45) is 0 Å². The fourth-order valence-electron chi connectivity index (χ4n) is 1.48. The van der Waals surface area contributed by atoms with E-state index >= 15 is 0 Å². The summed E-state index contributed by atoms with van der Waals surface area (Å²) in [5.74, 6) is 0. The molecule has 6 heteroatoms. The van der Waals surface area contributed by atoms with Crippen LogP contribution in [0.5, 0.6) is 0 Å². The Bertz CT molecular complexity index is 650. The molecular weight excluding hydrogens is 196 g/mol. The summed E-state index contributed by atoms with van der Waals surface area (Å²) in [6, 6.07) is 1.97. The minimum Gasteiger partial charge on any atom is -0.431 e. The third-order valence-corrected chi connectivity index (χ3v) is 2.09. The number of nitrogens with one attached hydrogen (secondary N) is 1. The summed E-state index contributed by atoms with van der Waals surface area (Å²) < 4.78 is 6.44. The van der Waals surface area contributed by atoms with Crippen molar-refractivity contribution in [2.75, 3.05) is 0 Å². The summed E-state index contributed by atoms with van der Waals surface area (Å²) in [5.41, 5.74) is 1.05. The van der Waals surface area contributed by atoms with Crippen LogP contribution in [0.25, 0.3) is 17.0 Å². The summed E-state index contributed by atoms with van der Waals surface area (Å²) in [4.78, 5) is 22.1. The van der Waals surface area contributed by atoms with Crippen molar-refractivity contribution in [3.63, 3.8) is 0 Å². The van der Waals surface area contributed by atoms with Gasteiger partial charge in [-0.05, 0) is 6.07 Å². The lowest BCUT2D eigenvalue weighted by Crippen LogP contribution is -2.14. The average molecular weight is 202 g/mol. The second-order valence-electron chi connectivity index (χ2n) is 2.97. The van der Waals surface area contributed by atoms with Gasteiger partial charge >= 0.3 is 11.7 Å². The Morgan fingerprint density at radius 3 is 3.13 bits per heavy atom. The molecule has 0 aliphatic heterocycles. The predicted molar refractivity (Wildman–Crippen MR) is 51.8 cm³/mol. The topological polar surface area (TPSA) is 76.7 Å². The SMILES string of the molecule is O=c1[nH]c2cnccc2n1-c1ncco1. The smallest absolute Gasteiger partial charge is 0.334 e. The molecule has 0 bridgehead atoms. The molecule has 0 aliphatic rings. The Morgan fingerprint density at radius 2 is 2.33 bits per heavy atom. The normalized spacial score (nSPS) is 10.9. The van der Waals surface area contributed by atoms with E-state index in [1.807, 2.05) is 0 Å². The molecule has 0 spiro atoms. The van der Waals surface area contributed by atoms with Crippen molar-refractivity contribution in [1.82, 2.24) is 19.5 Å². The van der Waals surface area contributed by atoms with Crippen LogP contribution < -0.4 is 5.69 Å². The number of imidazole rings is 1. The molecule has 0 amide bonds. The molecule has 6 nitrogen and oxygen atoms in total. The van der Waals surface area contributed by atoms with Crippen molar-refractivity contribution in [3.05, 3.63) is 41.4 Å². The highest BCUT2D eigenvalue weighted by Gasteiger charge is 2.10. The summed E-state index contributed by atoms with van der Waals surface area (Å²) >= 11 is 0. The Balaban J connectivity index is 2.44. The fraction of sp³-hybridized carbons (Fsp3) is 0. The van der Waals surface area contributed by atoms with Crippen molar-refractivity contribution < 1.29 is 4.42 Å². The Kier molecular flexibility index (Phi) is 1.49. The van der Waals surface area contributed by atoms with Gasteiger partial charge in [0.1, 0.15) is 6.26 Å². The Labute approximate surface area is 83.2 Å². The van der Waals surface area contributed by atoms with E-state index in [1.165, 1.54) is 17.0 Å². The highest BCUT2D eigenvalue weighted by atomic mass is 16.4. The van der Waals surface area contributed by atoms with Crippen molar-refractivity contribution in [3.8, 4) is 6.01 Å². The number of pyridine rings is 1. The lowest BCUT2D eigenvalue weighted by molar-refractivity contribution is 0.527. The Morgan fingerprint density at radius 1 is 1.40 bits per heavy atom. The monoisotopic (exact) mass is 202 g/mol. The zero-order valence-electron chi connectivity index (χ0n) is 7.54. The van der Waals surface area contributed by atoms with E-state index in [4.69, 9.17) is 4.42 Å². The number of rotatable bonds is 1. The van der Waals surface area contributed by atoms with Gasteiger partial charge in [0, 0.05) is 6.20 Å². The predicted octanol–water partition coefficient (Wildman–Crippen LogP) is 0.702. The maximum absolute atomic E-state index is 11.6. The van der Waals surface area contributed by atoms with Gasteiger partial charge in [-0.3, -0.25) is 4.98 Å². The first-order valence-electron chi connectivity index (χ1n) is 4.31. The lowest BCUT2D eigenvalue weighted by atomic mass is 10.4. The van der Waals surface area contributed by atoms with Gasteiger partial charge in [-0.2, -0.15) is 0 Å². The molecule has 0 unspecified atom stereocenters. The summed E-state index contributed by atoms with van der Waals surface area (Å²) in [5, 5.41) is 0. The molecule has 0 saturated carbocycles. The minimum atomic E-state index is -0.291. The van der Waals surface area contributed by atoms with Gasteiger partial charge in [-0.25, -0.2) is 14.3 Å². The minimum absolute atomic E-state index is 0.248. The maximum Gasteiger partial charge on any atom is 0.334 e. The van der Waals surface area contributed by atoms with E-state index in [-0.39, 0.29) is 11.7 Å². The summed E-state index contributed by atoms with van der Waals surface area (Å²) in [6.45, 7) is 0. The number of hydrogen-bond donors (Lipinski definition) is 1. The quantitative estimate of drug-likeness (QED) is 0.630. The number of aromatic amines is 1. The van der Waals surface area contributed by atoms with E-state index in [2.05, 4.69) is 15.0 Å². The van der Waals surface area contributed by atoms with Gasteiger partial charge < -0.3 is 9.40 Å². The van der Waals surface area contributed by atoms with Gasteiger partial charge in [-0.1, -0.05) is 0 Å². The van der Waals surface area contributed by atoms with Crippen molar-refractivity contribution in [2.45, 2.75) is 0 Å². The molecule has 0 saturated heterocycles. The van der Waals surface area contributed by atoms with Gasteiger partial charge in [0.2, 0.25) is 0 Å². The molecule has 0 fully saturated rings. The van der Waals surface area contributed by atoms with E-state index in [1.54, 1.807) is 18.5 Å². The van der Waals surface area contributed by atoms with Crippen LogP contribution in [0.15, 0.2) is 40.1 Å². The highest BCUT2D eigenvalue weighted by Crippen LogP contribution is 2.11. The average Bonchev–Trinajstić information content (AvgIpc) is 2.82. The largest absolute Gasteiger partial charge is 0.431 e. The Hall–Kier alpha value is -2.37. The molecule has 0 radical (unpaired) electrons. The highest BCUT2D eigenvalue weighted by molar-refractivity contribution is 5.75. The molecule has 3 rings (SSSR count). The maximum atomic E-state index is 11.6. The van der Waals surface area contributed by atoms with Gasteiger partial charge in [-0.15, -0.1) is 0 Å². The van der Waals surface area contributed by atoms with Gasteiger partial charge in [0.05, 0.1) is 23.4 Å². The first-order valence-corrected chi connectivity index (χ1v) is 4.31. The second-order valence-corrected chi connectivity index (χ2v) is 2.97. The lowest BCUT2D eigenvalue weighted by Gasteiger charge is -1.94. The van der Waals surface area contributed by atoms with Crippen LogP contribution in [-0.4, -0.2) is 19.5 Å². The van der Waals surface area contributed by atoms with Gasteiger partial charge in [0.25, 0.3) is 0 Å². The molecule has 0 atom stereocenters. The van der Waals surface area contributed by atoms with Crippen LogP contribution in [0.4, 0.5) is 0 Å². The first-order chi connectivity index (χ1) is 7.36. The third-order valence-electron chi connectivity index (χ3n) is 2.09. The molecule has 1 N–H and O–H groups in total. The van der Waals surface area contributed by atoms with Crippen molar-refractivity contribution in [1.29, 1.82) is 0 Å². The number of hydrogen-bond acceptors (Lipinski definition) is 4. The van der Waals surface area contributed by atoms with E-state index in [9.17, 15) is 4.79 Å². The zero-order valence-corrected chi connectivity index (χ0v) is 7.54. The van der Waals surface area contributed by atoms with Crippen molar-refractivity contribution >= 4 is 11.0 Å². The number of fused-ring (bicyclic) bond motifs is 1. The van der Waals surface area contributed by atoms with E-state index in [0.29, 0.717) is 11.0 Å². The van der Waals surface area contributed by atoms with Crippen LogP contribution in [0, 0.1) is 0 Å². The van der Waals surface area contributed by atoms with E-state index < -0.39 is 0 Å². The second kappa shape index (κ2) is 2.81. The molecular formula is C9H6N4O2. The summed E-state index contributed by atoms with van der Waals surface area (Å²) in [7, 11) is 0. The van der Waals surface area contributed by atoms with Crippen LogP contribution in [0.1, 0.15) is 0 Å². The number of oxazole rings is 1. The molecule has 3 heterocycles. The van der Waals surface area contributed by atoms with Crippen LogP contribution in [-0.2, 0) is 0 Å². The molecule has 15 heavy (non-hydrogen) atoms. The molecule has 0 aliphatic carbocycles. The summed E-state index contributed by atoms with van der Waals surface area (Å²) in [6.07, 6.45) is 6.09. The standard InChI is InChI=1S/C9H6N4O2/c14-8-12-6-5-10-2-1-7(6)13(8)9-11-3-4-15-9/h1-5H,(H,12,14). The molecule has 3 aromatic heterocycles. The number of aromatic nitrogens is 4. The third kappa shape index (κ3) is 1.08. The molecule has 0 aromatic carbocycles. The number of H-pyrrole nitrogens is 1. The molecule has 74 valence electrons. The first kappa shape index (κ1) is 7.98. The van der Waals surface area contributed by atoms with Crippen LogP contribution in [0.3, 0.4) is 0 Å². The fourth-order valence-corrected chi connectivity index (χ4v) is 1.48. The van der Waals surface area contributed by atoms with Crippen LogP contribution in [0.2, 0.25) is 0 Å². The van der Waals surface area contributed by atoms with Gasteiger partial charge in [0.15, 0.2) is 0 Å². The van der Waals surface area contributed by atoms with Crippen LogP contribution >= 0.6 is 0 Å².